The number of nitrogens with zero attached hydrogens (tertiary/aromatic N) is 2. The molecule has 0 aliphatic carbocycles. The largest absolute Gasteiger partial charge is 0.490 e. The molecule has 132 valence electrons. The number of carbonyl (C=O) groups is 1. The van der Waals surface area contributed by atoms with Crippen LogP contribution in [0.5, 0.6) is 11.5 Å². The first kappa shape index (κ1) is 17.1. The summed E-state index contributed by atoms with van der Waals surface area (Å²) in [4.78, 5) is 17.3. The Bertz CT molecular complexity index is 718. The van der Waals surface area contributed by atoms with Crippen LogP contribution in [0.25, 0.3) is 0 Å². The number of carboxylic acid groups (broad SMARTS) is 1. The molecule has 2 heterocycles. The van der Waals surface area contributed by atoms with Crippen molar-refractivity contribution >= 4 is 11.8 Å². The molecule has 3 rings (SSSR count). The molecular formula is C19H22N2O4. The number of rotatable bonds is 6. The smallest absolute Gasteiger partial charge is 0.337 e. The van der Waals surface area contributed by atoms with E-state index in [0.29, 0.717) is 13.2 Å². The van der Waals surface area contributed by atoms with Crippen molar-refractivity contribution in [3.8, 4) is 11.5 Å². The maximum Gasteiger partial charge on any atom is 0.337 e. The second-order valence-electron chi connectivity index (χ2n) is 5.92. The molecule has 1 unspecified atom stereocenters. The third kappa shape index (κ3) is 4.21. The van der Waals surface area contributed by atoms with Gasteiger partial charge in [-0.05, 0) is 44.0 Å². The fourth-order valence-corrected chi connectivity index (χ4v) is 2.94. The summed E-state index contributed by atoms with van der Waals surface area (Å²) in [7, 11) is 0. The number of aromatic carboxylic acids is 1. The minimum atomic E-state index is -0.966. The number of hydrogen-bond acceptors (Lipinski definition) is 5. The van der Waals surface area contributed by atoms with Gasteiger partial charge < -0.3 is 19.5 Å². The fourth-order valence-electron chi connectivity index (χ4n) is 2.94. The van der Waals surface area contributed by atoms with Crippen molar-refractivity contribution in [3.63, 3.8) is 0 Å². The van der Waals surface area contributed by atoms with E-state index in [4.69, 9.17) is 14.6 Å². The topological polar surface area (TPSA) is 71.9 Å². The molecule has 2 aromatic rings. The predicted molar refractivity (Wildman–Crippen MR) is 94.7 cm³/mol. The van der Waals surface area contributed by atoms with Gasteiger partial charge in [0.2, 0.25) is 0 Å². The van der Waals surface area contributed by atoms with Gasteiger partial charge in [-0.1, -0.05) is 12.1 Å². The Morgan fingerprint density at radius 3 is 2.76 bits per heavy atom. The molecule has 1 N–H and O–H groups in total. The highest BCUT2D eigenvalue weighted by Gasteiger charge is 2.23. The Morgan fingerprint density at radius 2 is 2.08 bits per heavy atom. The lowest BCUT2D eigenvalue weighted by Crippen LogP contribution is -2.41. The van der Waals surface area contributed by atoms with Crippen LogP contribution in [0.4, 0.5) is 5.82 Å². The zero-order valence-electron chi connectivity index (χ0n) is 14.2. The molecule has 0 amide bonds. The number of pyridine rings is 1. The van der Waals surface area contributed by atoms with E-state index in [9.17, 15) is 4.79 Å². The summed E-state index contributed by atoms with van der Waals surface area (Å²) in [6.45, 7) is 4.13. The molecule has 0 bridgehead atoms. The molecule has 1 saturated heterocycles. The van der Waals surface area contributed by atoms with Crippen molar-refractivity contribution in [2.24, 2.45) is 0 Å². The summed E-state index contributed by atoms with van der Waals surface area (Å²) < 4.78 is 11.8. The lowest BCUT2D eigenvalue weighted by molar-refractivity contribution is 0.0696. The Hall–Kier alpha value is -2.76. The molecule has 1 fully saturated rings. The monoisotopic (exact) mass is 342 g/mol. The van der Waals surface area contributed by atoms with Crippen LogP contribution in [0.1, 0.15) is 30.1 Å². The number of benzene rings is 1. The molecule has 1 aliphatic rings. The number of hydrogen-bond donors (Lipinski definition) is 1. The van der Waals surface area contributed by atoms with Gasteiger partial charge in [-0.15, -0.1) is 0 Å². The van der Waals surface area contributed by atoms with E-state index in [0.717, 1.165) is 36.7 Å². The van der Waals surface area contributed by atoms with Crippen molar-refractivity contribution in [3.05, 3.63) is 48.2 Å². The van der Waals surface area contributed by atoms with E-state index in [1.54, 1.807) is 12.1 Å². The number of piperidine rings is 1. The standard InChI is InChI=1S/C19H22N2O4/c1-2-24-16-7-3-4-8-17(16)25-15-6-5-11-21(13-15)18-10-9-14(12-20-18)19(22)23/h3-4,7-10,12,15H,2,5-6,11,13H2,1H3,(H,22,23). The molecule has 1 aromatic heterocycles. The quantitative estimate of drug-likeness (QED) is 0.869. The average molecular weight is 342 g/mol. The SMILES string of the molecule is CCOc1ccccc1OC1CCCN(c2ccc(C(=O)O)cn2)C1. The van der Waals surface area contributed by atoms with E-state index >= 15 is 0 Å². The van der Waals surface area contributed by atoms with Gasteiger partial charge in [0.05, 0.1) is 18.7 Å². The fraction of sp³-hybridized carbons (Fsp3) is 0.368. The van der Waals surface area contributed by atoms with Gasteiger partial charge in [-0.25, -0.2) is 9.78 Å². The summed E-state index contributed by atoms with van der Waals surface area (Å²) in [5.41, 5.74) is 0.194. The third-order valence-corrected chi connectivity index (χ3v) is 4.14. The van der Waals surface area contributed by atoms with Gasteiger partial charge >= 0.3 is 5.97 Å². The first-order valence-corrected chi connectivity index (χ1v) is 8.50. The Morgan fingerprint density at radius 1 is 1.28 bits per heavy atom. The predicted octanol–water partition coefficient (Wildman–Crippen LogP) is 3.23. The van der Waals surface area contributed by atoms with E-state index in [2.05, 4.69) is 9.88 Å². The van der Waals surface area contributed by atoms with Gasteiger partial charge in [0, 0.05) is 12.7 Å². The van der Waals surface area contributed by atoms with Gasteiger partial charge in [-0.3, -0.25) is 0 Å². The highest BCUT2D eigenvalue weighted by atomic mass is 16.5. The molecule has 0 spiro atoms. The van der Waals surface area contributed by atoms with Crippen molar-refractivity contribution < 1.29 is 19.4 Å². The second-order valence-corrected chi connectivity index (χ2v) is 5.92. The van der Waals surface area contributed by atoms with Crippen molar-refractivity contribution in [1.29, 1.82) is 0 Å². The molecular weight excluding hydrogens is 320 g/mol. The van der Waals surface area contributed by atoms with Crippen molar-refractivity contribution in [2.75, 3.05) is 24.6 Å². The van der Waals surface area contributed by atoms with Crippen LogP contribution >= 0.6 is 0 Å². The summed E-state index contributed by atoms with van der Waals surface area (Å²) in [6.07, 6.45) is 3.39. The van der Waals surface area contributed by atoms with Gasteiger partial charge in [0.15, 0.2) is 11.5 Å². The minimum Gasteiger partial charge on any atom is -0.490 e. The number of carboxylic acids is 1. The second kappa shape index (κ2) is 7.88. The molecule has 0 radical (unpaired) electrons. The third-order valence-electron chi connectivity index (χ3n) is 4.14. The highest BCUT2D eigenvalue weighted by Crippen LogP contribution is 2.29. The zero-order valence-corrected chi connectivity index (χ0v) is 14.2. The average Bonchev–Trinajstić information content (AvgIpc) is 2.64. The summed E-state index contributed by atoms with van der Waals surface area (Å²) in [5.74, 6) is 1.32. The molecule has 1 atom stereocenters. The molecule has 1 aliphatic heterocycles. The normalized spacial score (nSPS) is 17.2. The van der Waals surface area contributed by atoms with E-state index in [1.807, 2.05) is 31.2 Å². The molecule has 6 nitrogen and oxygen atoms in total. The van der Waals surface area contributed by atoms with Crippen LogP contribution in [0.2, 0.25) is 0 Å². The Kier molecular flexibility index (Phi) is 5.38. The maximum absolute atomic E-state index is 10.9. The minimum absolute atomic E-state index is 0.0382. The number of para-hydroxylation sites is 2. The van der Waals surface area contributed by atoms with Gasteiger partial charge in [0.25, 0.3) is 0 Å². The highest BCUT2D eigenvalue weighted by molar-refractivity contribution is 5.87. The first-order chi connectivity index (χ1) is 12.2. The van der Waals surface area contributed by atoms with Gasteiger partial charge in [-0.2, -0.15) is 0 Å². The van der Waals surface area contributed by atoms with Gasteiger partial charge in [0.1, 0.15) is 11.9 Å². The summed E-state index contributed by atoms with van der Waals surface area (Å²) >= 11 is 0. The van der Waals surface area contributed by atoms with E-state index < -0.39 is 5.97 Å². The lowest BCUT2D eigenvalue weighted by atomic mass is 10.1. The van der Waals surface area contributed by atoms with Crippen molar-refractivity contribution in [1.82, 2.24) is 4.98 Å². The number of anilines is 1. The molecule has 6 heteroatoms. The molecule has 1 aromatic carbocycles. The molecule has 0 saturated carbocycles. The number of ether oxygens (including phenoxy) is 2. The van der Waals surface area contributed by atoms with E-state index in [-0.39, 0.29) is 11.7 Å². The van der Waals surface area contributed by atoms with Crippen LogP contribution in [0, 0.1) is 0 Å². The zero-order chi connectivity index (χ0) is 17.6. The van der Waals surface area contributed by atoms with Crippen LogP contribution < -0.4 is 14.4 Å². The van der Waals surface area contributed by atoms with Crippen LogP contribution in [-0.2, 0) is 0 Å². The maximum atomic E-state index is 10.9. The Balaban J connectivity index is 1.68. The Labute approximate surface area is 147 Å². The first-order valence-electron chi connectivity index (χ1n) is 8.50. The van der Waals surface area contributed by atoms with Crippen LogP contribution in [-0.4, -0.2) is 41.9 Å². The van der Waals surface area contributed by atoms with Crippen LogP contribution in [0.15, 0.2) is 42.6 Å². The van der Waals surface area contributed by atoms with Crippen molar-refractivity contribution in [2.45, 2.75) is 25.9 Å². The number of aromatic nitrogens is 1. The summed E-state index contributed by atoms with van der Waals surface area (Å²) in [6, 6.07) is 11.0. The summed E-state index contributed by atoms with van der Waals surface area (Å²) in [5, 5.41) is 8.98. The van der Waals surface area contributed by atoms with E-state index in [1.165, 1.54) is 6.20 Å². The van der Waals surface area contributed by atoms with Crippen LogP contribution in [0.3, 0.4) is 0 Å². The lowest BCUT2D eigenvalue weighted by Gasteiger charge is -2.34. The molecule has 25 heavy (non-hydrogen) atoms.